The molecule has 0 aromatic heterocycles. The molecule has 1 aliphatic heterocycles. The monoisotopic (exact) mass is 432 g/mol. The molecule has 1 aliphatic rings. The van der Waals surface area contributed by atoms with Crippen LogP contribution in [0.25, 0.3) is 0 Å². The third-order valence-corrected chi connectivity index (χ3v) is 3.59. The fourth-order valence-electron chi connectivity index (χ4n) is 2.64. The second kappa shape index (κ2) is 10.1. The molecule has 0 aliphatic carbocycles. The first-order valence-corrected chi connectivity index (χ1v) is 8.01. The molecule has 1 unspecified atom stereocenters. The van der Waals surface area contributed by atoms with Crippen molar-refractivity contribution in [2.24, 2.45) is 10.7 Å². The Kier molecular flexibility index (Phi) is 8.86. The summed E-state index contributed by atoms with van der Waals surface area (Å²) in [7, 11) is 0. The summed E-state index contributed by atoms with van der Waals surface area (Å²) in [5.41, 5.74) is 8.35. The molecule has 23 heavy (non-hydrogen) atoms. The lowest BCUT2D eigenvalue weighted by Gasteiger charge is -2.31. The molecule has 0 spiro atoms. The van der Waals surface area contributed by atoms with E-state index in [1.165, 1.54) is 11.1 Å². The van der Waals surface area contributed by atoms with E-state index in [4.69, 9.17) is 10.5 Å². The number of benzene rings is 1. The van der Waals surface area contributed by atoms with E-state index in [0.717, 1.165) is 26.2 Å². The van der Waals surface area contributed by atoms with E-state index in [0.29, 0.717) is 24.7 Å². The van der Waals surface area contributed by atoms with Crippen molar-refractivity contribution < 1.29 is 4.74 Å². The highest BCUT2D eigenvalue weighted by Crippen LogP contribution is 2.12. The Bertz CT molecular complexity index is 507. The van der Waals surface area contributed by atoms with Crippen LogP contribution in [0.4, 0.5) is 0 Å². The number of morpholine rings is 1. The summed E-state index contributed by atoms with van der Waals surface area (Å²) >= 11 is 0. The van der Waals surface area contributed by atoms with Gasteiger partial charge < -0.3 is 15.8 Å². The van der Waals surface area contributed by atoms with Crippen LogP contribution in [-0.4, -0.2) is 42.7 Å². The van der Waals surface area contributed by atoms with Crippen molar-refractivity contribution in [1.82, 2.24) is 10.2 Å². The van der Waals surface area contributed by atoms with E-state index in [2.05, 4.69) is 46.4 Å². The zero-order chi connectivity index (χ0) is 15.9. The molecule has 0 bridgehead atoms. The van der Waals surface area contributed by atoms with E-state index in [-0.39, 0.29) is 24.0 Å². The van der Waals surface area contributed by atoms with Gasteiger partial charge in [-0.1, -0.05) is 24.3 Å². The molecule has 1 aromatic carbocycles. The van der Waals surface area contributed by atoms with Crippen molar-refractivity contribution in [1.29, 1.82) is 0 Å². The van der Waals surface area contributed by atoms with Crippen molar-refractivity contribution in [3.63, 3.8) is 0 Å². The zero-order valence-corrected chi connectivity index (χ0v) is 16.6. The van der Waals surface area contributed by atoms with Crippen molar-refractivity contribution >= 4 is 29.9 Å². The summed E-state index contributed by atoms with van der Waals surface area (Å²) in [4.78, 5) is 6.82. The molecule has 1 saturated heterocycles. The van der Waals surface area contributed by atoms with Gasteiger partial charge >= 0.3 is 0 Å². The number of nitrogens with two attached hydrogens (primary N) is 1. The number of halogens is 1. The summed E-state index contributed by atoms with van der Waals surface area (Å²) in [5.74, 6) is 0.502. The van der Waals surface area contributed by atoms with Gasteiger partial charge in [-0.25, -0.2) is 4.99 Å². The minimum Gasteiger partial charge on any atom is -0.376 e. The Balaban J connectivity index is 0.00000264. The lowest BCUT2D eigenvalue weighted by atomic mass is 10.1. The number of aliphatic imine (C=N–C) groups is 1. The molecular weight excluding hydrogens is 403 g/mol. The summed E-state index contributed by atoms with van der Waals surface area (Å²) in [6, 6.07) is 8.88. The number of nitrogens with zero attached hydrogens (tertiary/aromatic N) is 2. The first-order chi connectivity index (χ1) is 10.5. The van der Waals surface area contributed by atoms with Crippen LogP contribution in [0.5, 0.6) is 0 Å². The van der Waals surface area contributed by atoms with E-state index in [1.807, 2.05) is 13.8 Å². The van der Waals surface area contributed by atoms with Crippen LogP contribution in [0.1, 0.15) is 31.9 Å². The van der Waals surface area contributed by atoms with Crippen molar-refractivity contribution in [2.45, 2.75) is 46.0 Å². The van der Waals surface area contributed by atoms with E-state index >= 15 is 0 Å². The Hall–Kier alpha value is -0.860. The normalized spacial score (nSPS) is 19.5. The Morgan fingerprint density at radius 2 is 2.17 bits per heavy atom. The minimum atomic E-state index is 0. The molecule has 1 fully saturated rings. The van der Waals surface area contributed by atoms with Crippen LogP contribution in [0.3, 0.4) is 0 Å². The predicted molar refractivity (Wildman–Crippen MR) is 106 cm³/mol. The summed E-state index contributed by atoms with van der Waals surface area (Å²) < 4.78 is 5.59. The van der Waals surface area contributed by atoms with Gasteiger partial charge in [-0.05, 0) is 31.9 Å². The highest BCUT2D eigenvalue weighted by atomic mass is 127. The summed E-state index contributed by atoms with van der Waals surface area (Å²) in [5, 5.41) is 3.10. The van der Waals surface area contributed by atoms with Gasteiger partial charge in [-0.2, -0.15) is 0 Å². The van der Waals surface area contributed by atoms with Crippen LogP contribution in [-0.2, 0) is 17.8 Å². The third-order valence-electron chi connectivity index (χ3n) is 3.59. The van der Waals surface area contributed by atoms with E-state index in [9.17, 15) is 0 Å². The van der Waals surface area contributed by atoms with Crippen molar-refractivity contribution in [3.8, 4) is 0 Å². The first-order valence-electron chi connectivity index (χ1n) is 8.01. The summed E-state index contributed by atoms with van der Waals surface area (Å²) in [6.07, 6.45) is 0.323. The largest absolute Gasteiger partial charge is 0.376 e. The average molecular weight is 432 g/mol. The van der Waals surface area contributed by atoms with Gasteiger partial charge in [-0.15, -0.1) is 24.0 Å². The number of ether oxygens (including phenoxy) is 1. The summed E-state index contributed by atoms with van der Waals surface area (Å²) in [6.45, 7) is 10.6. The second-order valence-corrected chi connectivity index (χ2v) is 6.24. The molecular formula is C17H29IN4O. The van der Waals surface area contributed by atoms with Gasteiger partial charge in [0, 0.05) is 25.7 Å². The molecule has 6 heteroatoms. The number of nitrogens with one attached hydrogen (secondary N) is 1. The topological polar surface area (TPSA) is 62.9 Å². The molecule has 130 valence electrons. The molecule has 2 rings (SSSR count). The Morgan fingerprint density at radius 1 is 1.43 bits per heavy atom. The molecule has 5 nitrogen and oxygen atoms in total. The molecule has 1 heterocycles. The average Bonchev–Trinajstić information content (AvgIpc) is 2.45. The lowest BCUT2D eigenvalue weighted by molar-refractivity contribution is -0.0212. The van der Waals surface area contributed by atoms with Gasteiger partial charge in [0.25, 0.3) is 0 Å². The van der Waals surface area contributed by atoms with Crippen LogP contribution < -0.4 is 11.1 Å². The maximum atomic E-state index is 5.84. The maximum Gasteiger partial charge on any atom is 0.189 e. The molecule has 3 N–H and O–H groups in total. The smallest absolute Gasteiger partial charge is 0.189 e. The first kappa shape index (κ1) is 20.2. The molecule has 1 atom stereocenters. The van der Waals surface area contributed by atoms with Crippen molar-refractivity contribution in [3.05, 3.63) is 35.4 Å². The SMILES string of the molecule is CC(C)NC(N)=NCc1cccc(CN2CCOC(C)C2)c1.I. The van der Waals surface area contributed by atoms with E-state index < -0.39 is 0 Å². The van der Waals surface area contributed by atoms with Gasteiger partial charge in [0.15, 0.2) is 5.96 Å². The maximum absolute atomic E-state index is 5.84. The molecule has 0 saturated carbocycles. The van der Waals surface area contributed by atoms with Crippen LogP contribution in [0.15, 0.2) is 29.3 Å². The third kappa shape index (κ3) is 7.50. The van der Waals surface area contributed by atoms with Gasteiger partial charge in [0.1, 0.15) is 0 Å². The van der Waals surface area contributed by atoms with Crippen molar-refractivity contribution in [2.75, 3.05) is 19.7 Å². The molecule has 1 aromatic rings. The predicted octanol–water partition coefficient (Wildman–Crippen LogP) is 2.34. The van der Waals surface area contributed by atoms with Crippen LogP contribution in [0, 0.1) is 0 Å². The lowest BCUT2D eigenvalue weighted by Crippen LogP contribution is -2.40. The minimum absolute atomic E-state index is 0. The van der Waals surface area contributed by atoms with Gasteiger partial charge in [0.2, 0.25) is 0 Å². The fourth-order valence-corrected chi connectivity index (χ4v) is 2.64. The highest BCUT2D eigenvalue weighted by Gasteiger charge is 2.16. The quantitative estimate of drug-likeness (QED) is 0.426. The zero-order valence-electron chi connectivity index (χ0n) is 14.3. The molecule has 0 amide bonds. The number of guanidine groups is 1. The standard InChI is InChI=1S/C17H28N4O.HI/c1-13(2)20-17(18)19-10-15-5-4-6-16(9-15)12-21-7-8-22-14(3)11-21;/h4-6,9,13-14H,7-8,10-12H2,1-3H3,(H3,18,19,20);1H. The van der Waals surface area contributed by atoms with Gasteiger partial charge in [-0.3, -0.25) is 4.90 Å². The fraction of sp³-hybridized carbons (Fsp3) is 0.588. The van der Waals surface area contributed by atoms with Crippen LogP contribution >= 0.6 is 24.0 Å². The second-order valence-electron chi connectivity index (χ2n) is 6.24. The van der Waals surface area contributed by atoms with Gasteiger partial charge in [0.05, 0.1) is 19.3 Å². The number of rotatable bonds is 5. The number of hydrogen-bond donors (Lipinski definition) is 2. The Morgan fingerprint density at radius 3 is 2.87 bits per heavy atom. The van der Waals surface area contributed by atoms with E-state index in [1.54, 1.807) is 0 Å². The number of hydrogen-bond acceptors (Lipinski definition) is 3. The van der Waals surface area contributed by atoms with Crippen LogP contribution in [0.2, 0.25) is 0 Å². The molecule has 0 radical (unpaired) electrons. The Labute approximate surface area is 156 Å². The highest BCUT2D eigenvalue weighted by molar-refractivity contribution is 14.0.